The summed E-state index contributed by atoms with van der Waals surface area (Å²) < 4.78 is 15.9. The Morgan fingerprint density at radius 1 is 1.33 bits per heavy atom. The zero-order chi connectivity index (χ0) is 12.8. The summed E-state index contributed by atoms with van der Waals surface area (Å²) >= 11 is 0. The van der Waals surface area contributed by atoms with Gasteiger partial charge < -0.3 is 14.2 Å². The molecule has 0 amide bonds. The topological polar surface area (TPSA) is 48.0 Å². The second-order valence-corrected chi connectivity index (χ2v) is 4.89. The second kappa shape index (κ2) is 7.07. The van der Waals surface area contributed by atoms with Crippen molar-refractivity contribution in [3.05, 3.63) is 0 Å². The lowest BCUT2D eigenvalue weighted by Gasteiger charge is -2.37. The first-order chi connectivity index (χ1) is 8.81. The Labute approximate surface area is 108 Å². The molecule has 0 aliphatic carbocycles. The van der Waals surface area contributed by atoms with Crippen LogP contribution in [0.5, 0.6) is 0 Å². The SMILES string of the molecule is COC(=O)CCCN1CCCCC1C1OCCO1. The molecule has 0 radical (unpaired) electrons. The van der Waals surface area contributed by atoms with Crippen LogP contribution < -0.4 is 0 Å². The van der Waals surface area contributed by atoms with Gasteiger partial charge in [-0.15, -0.1) is 0 Å². The fraction of sp³-hybridized carbons (Fsp3) is 0.923. The molecule has 2 fully saturated rings. The van der Waals surface area contributed by atoms with Gasteiger partial charge in [0.05, 0.1) is 26.4 Å². The van der Waals surface area contributed by atoms with Gasteiger partial charge in [-0.1, -0.05) is 6.42 Å². The minimum Gasteiger partial charge on any atom is -0.469 e. The normalized spacial score (nSPS) is 26.4. The maximum absolute atomic E-state index is 11.1. The van der Waals surface area contributed by atoms with Crippen molar-refractivity contribution in [3.63, 3.8) is 0 Å². The molecule has 1 atom stereocenters. The molecular formula is C13H23NO4. The highest BCUT2D eigenvalue weighted by Gasteiger charge is 2.33. The first-order valence-electron chi connectivity index (χ1n) is 6.85. The van der Waals surface area contributed by atoms with Gasteiger partial charge >= 0.3 is 5.97 Å². The first kappa shape index (κ1) is 13.8. The van der Waals surface area contributed by atoms with Crippen LogP contribution in [0.4, 0.5) is 0 Å². The van der Waals surface area contributed by atoms with Gasteiger partial charge in [0.2, 0.25) is 0 Å². The molecular weight excluding hydrogens is 234 g/mol. The summed E-state index contributed by atoms with van der Waals surface area (Å²) in [5.74, 6) is -0.128. The van der Waals surface area contributed by atoms with E-state index in [9.17, 15) is 4.79 Å². The van der Waals surface area contributed by atoms with Gasteiger partial charge in [-0.25, -0.2) is 0 Å². The molecule has 2 aliphatic heterocycles. The van der Waals surface area contributed by atoms with Crippen molar-refractivity contribution in [1.82, 2.24) is 4.90 Å². The quantitative estimate of drug-likeness (QED) is 0.692. The highest BCUT2D eigenvalue weighted by atomic mass is 16.7. The lowest BCUT2D eigenvalue weighted by Crippen LogP contribution is -2.47. The number of carbonyl (C=O) groups excluding carboxylic acids is 1. The van der Waals surface area contributed by atoms with Gasteiger partial charge in [0, 0.05) is 6.42 Å². The van der Waals surface area contributed by atoms with Crippen molar-refractivity contribution < 1.29 is 19.0 Å². The average molecular weight is 257 g/mol. The Bertz CT molecular complexity index is 266. The van der Waals surface area contributed by atoms with Crippen LogP contribution in [0.2, 0.25) is 0 Å². The van der Waals surface area contributed by atoms with Crippen LogP contribution >= 0.6 is 0 Å². The monoisotopic (exact) mass is 257 g/mol. The zero-order valence-corrected chi connectivity index (χ0v) is 11.1. The summed E-state index contributed by atoms with van der Waals surface area (Å²) in [6.07, 6.45) is 4.86. The van der Waals surface area contributed by atoms with E-state index in [1.807, 2.05) is 0 Å². The van der Waals surface area contributed by atoms with Crippen molar-refractivity contribution in [2.75, 3.05) is 33.4 Å². The smallest absolute Gasteiger partial charge is 0.305 e. The summed E-state index contributed by atoms with van der Waals surface area (Å²) in [6.45, 7) is 3.41. The van der Waals surface area contributed by atoms with Crippen molar-refractivity contribution in [1.29, 1.82) is 0 Å². The number of hydrogen-bond donors (Lipinski definition) is 0. The van der Waals surface area contributed by atoms with Crippen LogP contribution in [-0.4, -0.2) is 56.6 Å². The summed E-state index contributed by atoms with van der Waals surface area (Å²) in [5.41, 5.74) is 0. The van der Waals surface area contributed by atoms with Crippen molar-refractivity contribution >= 4 is 5.97 Å². The maximum atomic E-state index is 11.1. The molecule has 2 heterocycles. The number of esters is 1. The minimum absolute atomic E-state index is 0.0663. The van der Waals surface area contributed by atoms with Crippen LogP contribution in [0, 0.1) is 0 Å². The maximum Gasteiger partial charge on any atom is 0.305 e. The number of rotatable bonds is 5. The van der Waals surface area contributed by atoms with Crippen LogP contribution in [-0.2, 0) is 19.0 Å². The fourth-order valence-corrected chi connectivity index (χ4v) is 2.73. The van der Waals surface area contributed by atoms with Gasteiger partial charge in [-0.2, -0.15) is 0 Å². The van der Waals surface area contributed by atoms with Crippen LogP contribution in [0.3, 0.4) is 0 Å². The predicted molar refractivity (Wildman–Crippen MR) is 66.2 cm³/mol. The second-order valence-electron chi connectivity index (χ2n) is 4.89. The molecule has 2 saturated heterocycles. The molecule has 2 rings (SSSR count). The Morgan fingerprint density at radius 2 is 2.11 bits per heavy atom. The number of likely N-dealkylation sites (tertiary alicyclic amines) is 1. The van der Waals surface area contributed by atoms with E-state index in [4.69, 9.17) is 9.47 Å². The van der Waals surface area contributed by atoms with Gasteiger partial charge in [-0.05, 0) is 32.4 Å². The number of piperidine rings is 1. The largest absolute Gasteiger partial charge is 0.469 e. The van der Waals surface area contributed by atoms with Crippen LogP contribution in [0.15, 0.2) is 0 Å². The first-order valence-corrected chi connectivity index (χ1v) is 6.85. The fourth-order valence-electron chi connectivity index (χ4n) is 2.73. The highest BCUT2D eigenvalue weighted by molar-refractivity contribution is 5.69. The molecule has 5 heteroatoms. The van der Waals surface area contributed by atoms with Gasteiger partial charge in [0.15, 0.2) is 6.29 Å². The van der Waals surface area contributed by atoms with E-state index >= 15 is 0 Å². The summed E-state index contributed by atoms with van der Waals surface area (Å²) in [4.78, 5) is 13.5. The van der Waals surface area contributed by atoms with Crippen molar-refractivity contribution in [2.45, 2.75) is 44.4 Å². The molecule has 0 bridgehead atoms. The van der Waals surface area contributed by atoms with E-state index in [-0.39, 0.29) is 12.3 Å². The van der Waals surface area contributed by atoms with E-state index in [0.717, 1.165) is 25.9 Å². The molecule has 0 N–H and O–H groups in total. The molecule has 104 valence electrons. The molecule has 18 heavy (non-hydrogen) atoms. The van der Waals surface area contributed by atoms with Crippen LogP contribution in [0.25, 0.3) is 0 Å². The third kappa shape index (κ3) is 3.67. The van der Waals surface area contributed by atoms with Crippen molar-refractivity contribution in [2.24, 2.45) is 0 Å². The Hall–Kier alpha value is -0.650. The average Bonchev–Trinajstić information content (AvgIpc) is 2.93. The summed E-state index contributed by atoms with van der Waals surface area (Å²) in [7, 11) is 1.44. The number of carbonyl (C=O) groups is 1. The summed E-state index contributed by atoms with van der Waals surface area (Å²) in [6, 6.07) is 0.360. The predicted octanol–water partition coefficient (Wildman–Crippen LogP) is 1.17. The molecule has 0 aromatic rings. The molecule has 0 saturated carbocycles. The van der Waals surface area contributed by atoms with Gasteiger partial charge in [0.25, 0.3) is 0 Å². The Morgan fingerprint density at radius 3 is 2.83 bits per heavy atom. The van der Waals surface area contributed by atoms with Gasteiger partial charge in [-0.3, -0.25) is 9.69 Å². The van der Waals surface area contributed by atoms with Crippen molar-refractivity contribution in [3.8, 4) is 0 Å². The number of methoxy groups -OCH3 is 1. The Kier molecular flexibility index (Phi) is 5.41. The molecule has 0 spiro atoms. The Balaban J connectivity index is 1.78. The molecule has 5 nitrogen and oxygen atoms in total. The lowest BCUT2D eigenvalue weighted by molar-refractivity contribution is -0.141. The minimum atomic E-state index is -0.128. The van der Waals surface area contributed by atoms with E-state index in [2.05, 4.69) is 9.64 Å². The number of hydrogen-bond acceptors (Lipinski definition) is 5. The van der Waals surface area contributed by atoms with E-state index in [0.29, 0.717) is 25.7 Å². The molecule has 2 aliphatic rings. The summed E-state index contributed by atoms with van der Waals surface area (Å²) in [5, 5.41) is 0. The lowest BCUT2D eigenvalue weighted by atomic mass is 10.0. The highest BCUT2D eigenvalue weighted by Crippen LogP contribution is 2.24. The standard InChI is InChI=1S/C13H23NO4/c1-16-12(15)6-4-8-14-7-3-2-5-11(14)13-17-9-10-18-13/h11,13H,2-10H2,1H3. The van der Waals surface area contributed by atoms with Crippen LogP contribution in [0.1, 0.15) is 32.1 Å². The van der Waals surface area contributed by atoms with E-state index in [1.165, 1.54) is 20.0 Å². The molecule has 0 aromatic carbocycles. The molecule has 1 unspecified atom stereocenters. The number of ether oxygens (including phenoxy) is 3. The van der Waals surface area contributed by atoms with E-state index in [1.54, 1.807) is 0 Å². The van der Waals surface area contributed by atoms with E-state index < -0.39 is 0 Å². The number of nitrogens with zero attached hydrogens (tertiary/aromatic N) is 1. The zero-order valence-electron chi connectivity index (χ0n) is 11.1. The molecule has 0 aromatic heterocycles. The third-order valence-corrected chi connectivity index (χ3v) is 3.68. The van der Waals surface area contributed by atoms with Gasteiger partial charge in [0.1, 0.15) is 0 Å². The third-order valence-electron chi connectivity index (χ3n) is 3.68.